The Morgan fingerprint density at radius 1 is 1.29 bits per heavy atom. The fraction of sp³-hybridized carbons (Fsp3) is 0.500. The smallest absolute Gasteiger partial charge is 0.268 e. The van der Waals surface area contributed by atoms with Crippen LogP contribution in [0.3, 0.4) is 0 Å². The summed E-state index contributed by atoms with van der Waals surface area (Å²) in [7, 11) is 1.97. The van der Waals surface area contributed by atoms with E-state index < -0.39 is 0 Å². The Morgan fingerprint density at radius 3 is 2.89 bits per heavy atom. The van der Waals surface area contributed by atoms with E-state index in [0.717, 1.165) is 49.5 Å². The lowest BCUT2D eigenvalue weighted by Gasteiger charge is -2.27. The Kier molecular flexibility index (Phi) is 6.09. The average molecular weight is 400 g/mol. The van der Waals surface area contributed by atoms with Gasteiger partial charge in [-0.05, 0) is 61.7 Å². The van der Waals surface area contributed by atoms with Crippen molar-refractivity contribution < 1.29 is 9.53 Å². The third-order valence-electron chi connectivity index (χ3n) is 5.81. The molecule has 1 atom stereocenters. The van der Waals surface area contributed by atoms with Gasteiger partial charge in [0, 0.05) is 43.9 Å². The number of aromatic nitrogens is 1. The van der Waals surface area contributed by atoms with E-state index in [1.54, 1.807) is 11.9 Å². The maximum Gasteiger partial charge on any atom is 0.268 e. The summed E-state index contributed by atoms with van der Waals surface area (Å²) in [6.07, 6.45) is 4.57. The van der Waals surface area contributed by atoms with Crippen LogP contribution in [-0.4, -0.2) is 40.6 Å². The molecule has 0 aliphatic carbocycles. The van der Waals surface area contributed by atoms with Crippen LogP contribution in [0.25, 0.3) is 0 Å². The number of carbonyl (C=O) groups excluding carboxylic acids is 1. The highest BCUT2D eigenvalue weighted by molar-refractivity contribution is 7.97. The molecule has 0 radical (unpaired) electrons. The highest BCUT2D eigenvalue weighted by Crippen LogP contribution is 2.32. The lowest BCUT2D eigenvalue weighted by atomic mass is 10.0. The van der Waals surface area contributed by atoms with Crippen molar-refractivity contribution in [3.63, 3.8) is 0 Å². The summed E-state index contributed by atoms with van der Waals surface area (Å²) in [6, 6.07) is 10.7. The number of benzene rings is 1. The molecule has 4 rings (SSSR count). The normalized spacial score (nSPS) is 20.0. The Morgan fingerprint density at radius 2 is 2.11 bits per heavy atom. The molecule has 150 valence electrons. The molecule has 2 aliphatic heterocycles. The van der Waals surface area contributed by atoms with Gasteiger partial charge < -0.3 is 14.6 Å². The molecule has 1 fully saturated rings. The summed E-state index contributed by atoms with van der Waals surface area (Å²) < 4.78 is 10.1. The number of hydrogen-bond acceptors (Lipinski definition) is 4. The van der Waals surface area contributed by atoms with Gasteiger partial charge in [-0.2, -0.15) is 0 Å². The first-order valence-electron chi connectivity index (χ1n) is 10.2. The molecule has 3 heterocycles. The Bertz CT molecular complexity index is 842. The van der Waals surface area contributed by atoms with Crippen molar-refractivity contribution in [1.29, 1.82) is 0 Å². The molecule has 1 aromatic carbocycles. The van der Waals surface area contributed by atoms with Crippen molar-refractivity contribution in [2.24, 2.45) is 7.05 Å². The van der Waals surface area contributed by atoms with Crippen LogP contribution in [0.4, 0.5) is 0 Å². The van der Waals surface area contributed by atoms with Crippen LogP contribution >= 0.6 is 11.9 Å². The van der Waals surface area contributed by atoms with Gasteiger partial charge in [-0.15, -0.1) is 0 Å². The fourth-order valence-electron chi connectivity index (χ4n) is 3.93. The second kappa shape index (κ2) is 8.72. The molecule has 0 saturated carbocycles. The van der Waals surface area contributed by atoms with Crippen LogP contribution in [0.2, 0.25) is 0 Å². The molecule has 28 heavy (non-hydrogen) atoms. The zero-order valence-corrected chi connectivity index (χ0v) is 17.6. The van der Waals surface area contributed by atoms with Crippen LogP contribution < -0.4 is 5.32 Å². The Hall–Kier alpha value is -1.76. The minimum absolute atomic E-state index is 0.0180. The van der Waals surface area contributed by atoms with Gasteiger partial charge in [0.1, 0.15) is 5.69 Å². The Labute approximate surface area is 171 Å². The molecule has 2 aliphatic rings. The van der Waals surface area contributed by atoms with Crippen molar-refractivity contribution >= 4 is 17.9 Å². The van der Waals surface area contributed by atoms with Crippen molar-refractivity contribution in [2.75, 3.05) is 19.7 Å². The van der Waals surface area contributed by atoms with Crippen molar-refractivity contribution in [3.05, 3.63) is 52.8 Å². The van der Waals surface area contributed by atoms with Crippen molar-refractivity contribution in [3.8, 4) is 0 Å². The molecule has 1 N–H and O–H groups in total. The van der Waals surface area contributed by atoms with Gasteiger partial charge in [0.05, 0.1) is 6.10 Å². The van der Waals surface area contributed by atoms with Crippen LogP contribution in [-0.2, 0) is 24.8 Å². The van der Waals surface area contributed by atoms with E-state index in [2.05, 4.69) is 40.8 Å². The first-order chi connectivity index (χ1) is 13.6. The van der Waals surface area contributed by atoms with Gasteiger partial charge in [0.25, 0.3) is 5.91 Å². The lowest BCUT2D eigenvalue weighted by molar-refractivity contribution is 0.0168. The van der Waals surface area contributed by atoms with E-state index >= 15 is 0 Å². The average Bonchev–Trinajstić information content (AvgIpc) is 3.01. The molecule has 1 unspecified atom stereocenters. The molecular weight excluding hydrogens is 370 g/mol. The molecule has 2 aromatic rings. The van der Waals surface area contributed by atoms with Gasteiger partial charge >= 0.3 is 0 Å². The van der Waals surface area contributed by atoms with Crippen LogP contribution in [0, 0.1) is 6.92 Å². The summed E-state index contributed by atoms with van der Waals surface area (Å²) >= 11 is 1.76. The molecule has 0 bridgehead atoms. The van der Waals surface area contributed by atoms with Crippen LogP contribution in [0.15, 0.2) is 35.2 Å². The molecule has 5 nitrogen and oxygen atoms in total. The number of fused-ring (bicyclic) bond motifs is 1. The number of amides is 1. The van der Waals surface area contributed by atoms with E-state index in [-0.39, 0.29) is 12.0 Å². The molecule has 6 heteroatoms. The molecule has 1 saturated heterocycles. The predicted molar refractivity (Wildman–Crippen MR) is 112 cm³/mol. The Balaban J connectivity index is 1.40. The van der Waals surface area contributed by atoms with E-state index in [4.69, 9.17) is 4.74 Å². The van der Waals surface area contributed by atoms with Gasteiger partial charge in [-0.3, -0.25) is 4.79 Å². The molecule has 1 amide bonds. The SMILES string of the molecule is Cc1c(SN2CCc3ccccc3C2)cc(C(=O)NCC2CCCCO2)n1C. The number of carbonyl (C=O) groups is 1. The van der Waals surface area contributed by atoms with E-state index in [1.165, 1.54) is 17.5 Å². The minimum Gasteiger partial charge on any atom is -0.376 e. The number of nitrogens with zero attached hydrogens (tertiary/aromatic N) is 2. The van der Waals surface area contributed by atoms with E-state index in [0.29, 0.717) is 12.2 Å². The molecular formula is C22H29N3O2S. The minimum atomic E-state index is -0.0180. The van der Waals surface area contributed by atoms with E-state index in [9.17, 15) is 4.79 Å². The number of hydrogen-bond donors (Lipinski definition) is 1. The van der Waals surface area contributed by atoms with Crippen LogP contribution in [0.5, 0.6) is 0 Å². The molecule has 1 aromatic heterocycles. The summed E-state index contributed by atoms with van der Waals surface area (Å²) in [5.74, 6) is -0.0180. The standard InChI is InChI=1S/C22H29N3O2S/c1-16-21(28-25-11-10-17-7-3-4-8-18(17)15-25)13-20(24(16)2)22(26)23-14-19-9-5-6-12-27-19/h3-4,7-8,13,19H,5-6,9-12,14-15H2,1-2H3,(H,23,26). The second-order valence-electron chi connectivity index (χ2n) is 7.71. The predicted octanol–water partition coefficient (Wildman–Crippen LogP) is 3.70. The maximum atomic E-state index is 12.7. The van der Waals surface area contributed by atoms with Gasteiger partial charge in [-0.25, -0.2) is 4.31 Å². The van der Waals surface area contributed by atoms with Gasteiger partial charge in [-0.1, -0.05) is 24.3 Å². The highest BCUT2D eigenvalue weighted by atomic mass is 32.2. The number of nitrogens with one attached hydrogen (secondary N) is 1. The molecule has 0 spiro atoms. The van der Waals surface area contributed by atoms with Gasteiger partial charge in [0.2, 0.25) is 0 Å². The summed E-state index contributed by atoms with van der Waals surface area (Å²) in [5, 5.41) is 3.06. The van der Waals surface area contributed by atoms with Gasteiger partial charge in [0.15, 0.2) is 0 Å². The van der Waals surface area contributed by atoms with Crippen molar-refractivity contribution in [1.82, 2.24) is 14.2 Å². The summed E-state index contributed by atoms with van der Waals surface area (Å²) in [6.45, 7) is 5.45. The largest absolute Gasteiger partial charge is 0.376 e. The first kappa shape index (κ1) is 19.6. The van der Waals surface area contributed by atoms with E-state index in [1.807, 2.05) is 17.7 Å². The van der Waals surface area contributed by atoms with Crippen LogP contribution in [0.1, 0.15) is 46.6 Å². The first-order valence-corrected chi connectivity index (χ1v) is 10.9. The highest BCUT2D eigenvalue weighted by Gasteiger charge is 2.22. The van der Waals surface area contributed by atoms with Crippen molar-refractivity contribution in [2.45, 2.75) is 50.2 Å². The third-order valence-corrected chi connectivity index (χ3v) is 6.99. The third kappa shape index (κ3) is 4.29. The topological polar surface area (TPSA) is 46.5 Å². The number of ether oxygens (including phenoxy) is 1. The number of rotatable bonds is 5. The quantitative estimate of drug-likeness (QED) is 0.779. The zero-order chi connectivity index (χ0) is 19.5. The lowest BCUT2D eigenvalue weighted by Crippen LogP contribution is -2.36. The monoisotopic (exact) mass is 399 g/mol. The second-order valence-corrected chi connectivity index (χ2v) is 8.85. The maximum absolute atomic E-state index is 12.7. The summed E-state index contributed by atoms with van der Waals surface area (Å²) in [5.41, 5.74) is 4.70. The summed E-state index contributed by atoms with van der Waals surface area (Å²) in [4.78, 5) is 13.9. The fourth-order valence-corrected chi connectivity index (χ4v) is 5.03. The zero-order valence-electron chi connectivity index (χ0n) is 16.7.